The first-order chi connectivity index (χ1) is 7.18. The van der Waals surface area contributed by atoms with Crippen LogP contribution in [0.5, 0.6) is 0 Å². The summed E-state index contributed by atoms with van der Waals surface area (Å²) in [6.07, 6.45) is 2.44. The Morgan fingerprint density at radius 1 is 1.47 bits per heavy atom. The smallest absolute Gasteiger partial charge is 0.139 e. The van der Waals surface area contributed by atoms with Crippen molar-refractivity contribution < 1.29 is 5.11 Å². The van der Waals surface area contributed by atoms with Gasteiger partial charge < -0.3 is 5.11 Å². The first-order valence-corrected chi connectivity index (χ1v) is 4.63. The number of rotatable bonds is 2. The van der Waals surface area contributed by atoms with Crippen molar-refractivity contribution >= 4 is 0 Å². The first kappa shape index (κ1) is 9.79. The lowest BCUT2D eigenvalue weighted by atomic mass is 10.1. The summed E-state index contributed by atoms with van der Waals surface area (Å²) in [7, 11) is 1.74. The first-order valence-electron chi connectivity index (χ1n) is 4.63. The summed E-state index contributed by atoms with van der Waals surface area (Å²) >= 11 is 0. The molecule has 5 heteroatoms. The Bertz CT molecular complexity index is 466. The second-order valence-corrected chi connectivity index (χ2v) is 3.44. The minimum absolute atomic E-state index is 0.611. The number of nitrogens with zero attached hydrogens (tertiary/aromatic N) is 4. The molecular formula is C10H12N4O. The minimum atomic E-state index is -0.773. The van der Waals surface area contributed by atoms with E-state index in [1.54, 1.807) is 13.2 Å². The Labute approximate surface area is 87.4 Å². The lowest BCUT2D eigenvalue weighted by Crippen LogP contribution is -2.08. The molecule has 1 atom stereocenters. The maximum atomic E-state index is 10.0. The van der Waals surface area contributed by atoms with Gasteiger partial charge in [-0.05, 0) is 24.6 Å². The molecule has 2 aromatic rings. The maximum Gasteiger partial charge on any atom is 0.139 e. The summed E-state index contributed by atoms with van der Waals surface area (Å²) in [5.74, 6) is 0. The monoisotopic (exact) mass is 204 g/mol. The highest BCUT2D eigenvalue weighted by Gasteiger charge is 2.15. The highest BCUT2D eigenvalue weighted by atomic mass is 16.3. The van der Waals surface area contributed by atoms with Crippen LogP contribution in [0, 0.1) is 6.92 Å². The second kappa shape index (κ2) is 3.78. The Morgan fingerprint density at radius 3 is 2.87 bits per heavy atom. The van der Waals surface area contributed by atoms with Gasteiger partial charge in [0.05, 0.1) is 17.6 Å². The fraction of sp³-hybridized carbons (Fsp3) is 0.300. The van der Waals surface area contributed by atoms with Crippen LogP contribution in [0.25, 0.3) is 0 Å². The molecule has 15 heavy (non-hydrogen) atoms. The summed E-state index contributed by atoms with van der Waals surface area (Å²) in [5.41, 5.74) is 2.31. The zero-order chi connectivity index (χ0) is 10.8. The van der Waals surface area contributed by atoms with Gasteiger partial charge in [-0.1, -0.05) is 5.21 Å². The van der Waals surface area contributed by atoms with Crippen molar-refractivity contribution in [3.63, 3.8) is 0 Å². The summed E-state index contributed by atoms with van der Waals surface area (Å²) in [5, 5.41) is 17.5. The molecule has 0 aromatic carbocycles. The van der Waals surface area contributed by atoms with E-state index < -0.39 is 6.10 Å². The van der Waals surface area contributed by atoms with Crippen LogP contribution in [-0.4, -0.2) is 25.1 Å². The normalized spacial score (nSPS) is 12.7. The SMILES string of the molecule is Cc1ccnc(C(O)c2cnnn2C)c1. The molecule has 5 nitrogen and oxygen atoms in total. The standard InChI is InChI=1S/C10H12N4O/c1-7-3-4-11-8(5-7)10(15)9-6-12-13-14(9)2/h3-6,10,15H,1-2H3. The summed E-state index contributed by atoms with van der Waals surface area (Å²) < 4.78 is 1.54. The van der Waals surface area contributed by atoms with E-state index in [1.807, 2.05) is 19.1 Å². The quantitative estimate of drug-likeness (QED) is 0.778. The molecule has 0 amide bonds. The molecule has 0 saturated carbocycles. The number of hydrogen-bond donors (Lipinski definition) is 1. The van der Waals surface area contributed by atoms with Crippen molar-refractivity contribution in [3.05, 3.63) is 41.5 Å². The molecule has 2 aromatic heterocycles. The number of hydrogen-bond acceptors (Lipinski definition) is 4. The van der Waals surface area contributed by atoms with Crippen molar-refractivity contribution in [1.29, 1.82) is 0 Å². The molecule has 0 fully saturated rings. The number of aromatic nitrogens is 4. The number of aliphatic hydroxyl groups is 1. The third kappa shape index (κ3) is 1.87. The summed E-state index contributed by atoms with van der Waals surface area (Å²) in [6.45, 7) is 1.96. The second-order valence-electron chi connectivity index (χ2n) is 3.44. The predicted octanol–water partition coefficient (Wildman–Crippen LogP) is 0.600. The highest BCUT2D eigenvalue weighted by molar-refractivity contribution is 5.21. The van der Waals surface area contributed by atoms with Crippen molar-refractivity contribution in [1.82, 2.24) is 20.0 Å². The van der Waals surface area contributed by atoms with Crippen LogP contribution in [0.4, 0.5) is 0 Å². The average molecular weight is 204 g/mol. The molecule has 0 aliphatic rings. The predicted molar refractivity (Wildman–Crippen MR) is 54.0 cm³/mol. The van der Waals surface area contributed by atoms with E-state index in [4.69, 9.17) is 0 Å². The topological polar surface area (TPSA) is 63.8 Å². The molecule has 0 aliphatic carbocycles. The highest BCUT2D eigenvalue weighted by Crippen LogP contribution is 2.18. The molecule has 2 rings (SSSR count). The Hall–Kier alpha value is -1.75. The summed E-state index contributed by atoms with van der Waals surface area (Å²) in [6, 6.07) is 3.73. The van der Waals surface area contributed by atoms with Crippen molar-refractivity contribution in [2.75, 3.05) is 0 Å². The molecule has 0 radical (unpaired) electrons. The van der Waals surface area contributed by atoms with Crippen LogP contribution in [0.1, 0.15) is 23.1 Å². The zero-order valence-corrected chi connectivity index (χ0v) is 8.62. The number of aliphatic hydroxyl groups excluding tert-OH is 1. The van der Waals surface area contributed by atoms with Gasteiger partial charge in [0.2, 0.25) is 0 Å². The van der Waals surface area contributed by atoms with Gasteiger partial charge in [0.25, 0.3) is 0 Å². The third-order valence-corrected chi connectivity index (χ3v) is 2.25. The van der Waals surface area contributed by atoms with E-state index in [9.17, 15) is 5.11 Å². The maximum absolute atomic E-state index is 10.0. The van der Waals surface area contributed by atoms with E-state index in [0.717, 1.165) is 5.56 Å². The van der Waals surface area contributed by atoms with E-state index >= 15 is 0 Å². The van der Waals surface area contributed by atoms with E-state index in [2.05, 4.69) is 15.3 Å². The van der Waals surface area contributed by atoms with Crippen molar-refractivity contribution in [2.24, 2.45) is 7.05 Å². The van der Waals surface area contributed by atoms with Crippen LogP contribution < -0.4 is 0 Å². The molecule has 78 valence electrons. The fourth-order valence-electron chi connectivity index (χ4n) is 1.41. The van der Waals surface area contributed by atoms with Crippen molar-refractivity contribution in [3.8, 4) is 0 Å². The molecule has 2 heterocycles. The van der Waals surface area contributed by atoms with Crippen LogP contribution in [-0.2, 0) is 7.05 Å². The van der Waals surface area contributed by atoms with Gasteiger partial charge in [0, 0.05) is 13.2 Å². The number of pyridine rings is 1. The fourth-order valence-corrected chi connectivity index (χ4v) is 1.41. The zero-order valence-electron chi connectivity index (χ0n) is 8.62. The molecular weight excluding hydrogens is 192 g/mol. The van der Waals surface area contributed by atoms with Gasteiger partial charge in [-0.2, -0.15) is 0 Å². The van der Waals surface area contributed by atoms with Crippen LogP contribution in [0.2, 0.25) is 0 Å². The average Bonchev–Trinajstić information content (AvgIpc) is 2.63. The molecule has 0 bridgehead atoms. The minimum Gasteiger partial charge on any atom is -0.380 e. The van der Waals surface area contributed by atoms with Gasteiger partial charge in [-0.25, -0.2) is 4.68 Å². The molecule has 0 spiro atoms. The van der Waals surface area contributed by atoms with Crippen LogP contribution in [0.15, 0.2) is 24.5 Å². The largest absolute Gasteiger partial charge is 0.380 e. The van der Waals surface area contributed by atoms with Gasteiger partial charge in [-0.15, -0.1) is 5.10 Å². The third-order valence-electron chi connectivity index (χ3n) is 2.25. The Kier molecular flexibility index (Phi) is 2.47. The summed E-state index contributed by atoms with van der Waals surface area (Å²) in [4.78, 5) is 4.12. The van der Waals surface area contributed by atoms with E-state index in [1.165, 1.54) is 10.9 Å². The lowest BCUT2D eigenvalue weighted by Gasteiger charge is -2.09. The van der Waals surface area contributed by atoms with Gasteiger partial charge in [-0.3, -0.25) is 4.98 Å². The molecule has 0 saturated heterocycles. The molecule has 0 aliphatic heterocycles. The van der Waals surface area contributed by atoms with Crippen LogP contribution >= 0.6 is 0 Å². The molecule has 1 N–H and O–H groups in total. The Balaban J connectivity index is 2.36. The lowest BCUT2D eigenvalue weighted by molar-refractivity contribution is 0.205. The van der Waals surface area contributed by atoms with Crippen LogP contribution in [0.3, 0.4) is 0 Å². The van der Waals surface area contributed by atoms with E-state index in [-0.39, 0.29) is 0 Å². The van der Waals surface area contributed by atoms with Crippen molar-refractivity contribution in [2.45, 2.75) is 13.0 Å². The van der Waals surface area contributed by atoms with E-state index in [0.29, 0.717) is 11.4 Å². The molecule has 1 unspecified atom stereocenters. The number of aryl methyl sites for hydroxylation is 2. The van der Waals surface area contributed by atoms with Gasteiger partial charge in [0.15, 0.2) is 0 Å². The Morgan fingerprint density at radius 2 is 2.27 bits per heavy atom. The van der Waals surface area contributed by atoms with Gasteiger partial charge in [0.1, 0.15) is 6.10 Å². The van der Waals surface area contributed by atoms with Gasteiger partial charge >= 0.3 is 0 Å².